The van der Waals surface area contributed by atoms with Crippen LogP contribution in [0.2, 0.25) is 0 Å². The third-order valence-corrected chi connectivity index (χ3v) is 4.47. The van der Waals surface area contributed by atoms with E-state index in [0.717, 1.165) is 5.56 Å². The lowest BCUT2D eigenvalue weighted by molar-refractivity contribution is 0.00578. The zero-order valence-electron chi connectivity index (χ0n) is 15.9. The van der Waals surface area contributed by atoms with Crippen LogP contribution in [0.15, 0.2) is 24.2 Å². The average molecular weight is 346 g/mol. The van der Waals surface area contributed by atoms with Crippen molar-refractivity contribution < 1.29 is 23.6 Å². The van der Waals surface area contributed by atoms with Crippen LogP contribution in [-0.2, 0) is 14.0 Å². The molecule has 6 heteroatoms. The van der Waals surface area contributed by atoms with Gasteiger partial charge in [-0.1, -0.05) is 12.1 Å². The van der Waals surface area contributed by atoms with E-state index in [0.29, 0.717) is 24.5 Å². The average Bonchev–Trinajstić information content (AvgIpc) is 2.73. The van der Waals surface area contributed by atoms with Gasteiger partial charge in [-0.25, -0.2) is 4.79 Å². The van der Waals surface area contributed by atoms with Crippen LogP contribution in [0.25, 0.3) is 6.08 Å². The summed E-state index contributed by atoms with van der Waals surface area (Å²) in [6.07, 6.45) is 1.87. The van der Waals surface area contributed by atoms with Crippen molar-refractivity contribution in [1.29, 1.82) is 0 Å². The second-order valence-corrected chi connectivity index (χ2v) is 6.93. The van der Waals surface area contributed by atoms with Gasteiger partial charge in [-0.3, -0.25) is 0 Å². The fourth-order valence-corrected chi connectivity index (χ4v) is 2.46. The normalized spacial score (nSPS) is 18.6. The first-order valence-corrected chi connectivity index (χ1v) is 8.67. The van der Waals surface area contributed by atoms with Gasteiger partial charge in [-0.15, -0.1) is 0 Å². The van der Waals surface area contributed by atoms with E-state index < -0.39 is 7.12 Å². The number of carbonyl (C=O) groups excluding carboxylic acids is 1. The van der Waals surface area contributed by atoms with Crippen molar-refractivity contribution in [1.82, 2.24) is 0 Å². The van der Waals surface area contributed by atoms with Crippen molar-refractivity contribution in [2.45, 2.75) is 52.7 Å². The van der Waals surface area contributed by atoms with Crippen LogP contribution in [0.4, 0.5) is 0 Å². The van der Waals surface area contributed by atoms with Crippen LogP contribution in [0.5, 0.6) is 5.75 Å². The van der Waals surface area contributed by atoms with Gasteiger partial charge < -0.3 is 18.8 Å². The first-order chi connectivity index (χ1) is 11.7. The molecule has 0 aromatic heterocycles. The highest BCUT2D eigenvalue weighted by Crippen LogP contribution is 2.37. The summed E-state index contributed by atoms with van der Waals surface area (Å²) >= 11 is 0. The van der Waals surface area contributed by atoms with E-state index >= 15 is 0 Å². The van der Waals surface area contributed by atoms with Gasteiger partial charge in [-0.2, -0.15) is 0 Å². The maximum Gasteiger partial charge on any atom is 0.487 e. The van der Waals surface area contributed by atoms with E-state index in [1.54, 1.807) is 19.1 Å². The summed E-state index contributed by atoms with van der Waals surface area (Å²) in [5, 5.41) is 0. The van der Waals surface area contributed by atoms with Crippen LogP contribution < -0.4 is 4.74 Å². The maximum absolute atomic E-state index is 12.0. The van der Waals surface area contributed by atoms with E-state index in [1.807, 2.05) is 52.7 Å². The molecule has 1 fully saturated rings. The van der Waals surface area contributed by atoms with E-state index in [2.05, 4.69) is 0 Å². The SMILES string of the molecule is CCOC(=O)c1cc(/C=C/B2OC(C)(C)C(C)(C)O2)cc(OCC)c1. The predicted molar refractivity (Wildman–Crippen MR) is 98.7 cm³/mol. The van der Waals surface area contributed by atoms with Crippen molar-refractivity contribution in [2.75, 3.05) is 13.2 Å². The van der Waals surface area contributed by atoms with Crippen LogP contribution in [-0.4, -0.2) is 37.5 Å². The fourth-order valence-electron chi connectivity index (χ4n) is 2.46. The van der Waals surface area contributed by atoms with Crippen LogP contribution in [0, 0.1) is 0 Å². The highest BCUT2D eigenvalue weighted by Gasteiger charge is 2.49. The summed E-state index contributed by atoms with van der Waals surface area (Å²) in [5.74, 6) is 2.10. The third kappa shape index (κ3) is 4.64. The second kappa shape index (κ2) is 7.62. The Morgan fingerprint density at radius 2 is 1.72 bits per heavy atom. The first kappa shape index (κ1) is 19.5. The fraction of sp³-hybridized carbons (Fsp3) is 0.526. The third-order valence-electron chi connectivity index (χ3n) is 4.47. The Balaban J connectivity index is 2.22. The zero-order chi connectivity index (χ0) is 18.7. The Labute approximate surface area is 150 Å². The molecule has 0 amide bonds. The van der Waals surface area contributed by atoms with E-state index in [1.165, 1.54) is 0 Å². The summed E-state index contributed by atoms with van der Waals surface area (Å²) in [7, 11) is -0.438. The predicted octanol–water partition coefficient (Wildman–Crippen LogP) is 3.91. The van der Waals surface area contributed by atoms with Crippen LogP contribution in [0.3, 0.4) is 0 Å². The molecule has 0 radical (unpaired) electrons. The standard InChI is InChI=1S/C19H27BO5/c1-7-22-16-12-14(11-15(13-16)17(21)23-8-2)9-10-20-24-18(3,4)19(5,6)25-20/h9-13H,7-8H2,1-6H3/b10-9+. The summed E-state index contributed by atoms with van der Waals surface area (Å²) in [4.78, 5) is 12.0. The first-order valence-electron chi connectivity index (χ1n) is 8.67. The maximum atomic E-state index is 12.0. The summed E-state index contributed by atoms with van der Waals surface area (Å²) in [6, 6.07) is 5.32. The van der Waals surface area contributed by atoms with Crippen LogP contribution >= 0.6 is 0 Å². The molecule has 2 rings (SSSR count). The highest BCUT2D eigenvalue weighted by molar-refractivity contribution is 6.52. The molecule has 5 nitrogen and oxygen atoms in total. The van der Waals surface area contributed by atoms with Crippen LogP contribution in [0.1, 0.15) is 57.5 Å². The van der Waals surface area contributed by atoms with Gasteiger partial charge in [0.2, 0.25) is 0 Å². The molecule has 0 N–H and O–H groups in total. The van der Waals surface area contributed by atoms with Gasteiger partial charge in [0, 0.05) is 0 Å². The monoisotopic (exact) mass is 346 g/mol. The van der Waals surface area contributed by atoms with Gasteiger partial charge in [0.05, 0.1) is 30.0 Å². The number of ether oxygens (including phenoxy) is 2. The van der Waals surface area contributed by atoms with Gasteiger partial charge in [-0.05, 0) is 65.3 Å². The van der Waals surface area contributed by atoms with E-state index in [4.69, 9.17) is 18.8 Å². The number of esters is 1. The Morgan fingerprint density at radius 3 is 2.28 bits per heavy atom. The smallest absolute Gasteiger partial charge is 0.487 e. The lowest BCUT2D eigenvalue weighted by Gasteiger charge is -2.32. The second-order valence-electron chi connectivity index (χ2n) is 6.93. The highest BCUT2D eigenvalue weighted by atomic mass is 16.7. The molecule has 0 spiro atoms. The molecule has 1 saturated heterocycles. The van der Waals surface area contributed by atoms with Gasteiger partial charge >= 0.3 is 13.1 Å². The lowest BCUT2D eigenvalue weighted by Crippen LogP contribution is -2.41. The molecule has 25 heavy (non-hydrogen) atoms. The molecule has 0 aliphatic carbocycles. The number of rotatable bonds is 6. The minimum atomic E-state index is -0.438. The molecule has 1 aliphatic rings. The molecule has 0 saturated carbocycles. The number of benzene rings is 1. The van der Waals surface area contributed by atoms with Gasteiger partial charge in [0.1, 0.15) is 5.75 Å². The molecule has 1 heterocycles. The number of hydrogen-bond acceptors (Lipinski definition) is 5. The molecule has 1 aliphatic heterocycles. The number of hydrogen-bond donors (Lipinski definition) is 0. The summed E-state index contributed by atoms with van der Waals surface area (Å²) in [6.45, 7) is 12.6. The Morgan fingerprint density at radius 1 is 1.08 bits per heavy atom. The van der Waals surface area contributed by atoms with E-state index in [9.17, 15) is 4.79 Å². The van der Waals surface area contributed by atoms with Crippen molar-refractivity contribution in [3.05, 3.63) is 35.3 Å². The quantitative estimate of drug-likeness (QED) is 0.577. The Kier molecular flexibility index (Phi) is 5.96. The van der Waals surface area contributed by atoms with Crippen molar-refractivity contribution in [3.8, 4) is 5.75 Å². The topological polar surface area (TPSA) is 54.0 Å². The van der Waals surface area contributed by atoms with Crippen molar-refractivity contribution >= 4 is 19.2 Å². The molecule has 136 valence electrons. The van der Waals surface area contributed by atoms with E-state index in [-0.39, 0.29) is 17.2 Å². The molecule has 0 unspecified atom stereocenters. The zero-order valence-corrected chi connectivity index (χ0v) is 15.9. The van der Waals surface area contributed by atoms with Crippen molar-refractivity contribution in [2.24, 2.45) is 0 Å². The molecule has 0 bridgehead atoms. The van der Waals surface area contributed by atoms with Crippen molar-refractivity contribution in [3.63, 3.8) is 0 Å². The Bertz CT molecular complexity index is 635. The van der Waals surface area contributed by atoms with Gasteiger partial charge in [0.25, 0.3) is 0 Å². The lowest BCUT2D eigenvalue weighted by atomic mass is 9.89. The summed E-state index contributed by atoms with van der Waals surface area (Å²) < 4.78 is 22.5. The largest absolute Gasteiger partial charge is 0.494 e. The molecule has 1 aromatic carbocycles. The molecule has 0 atom stereocenters. The summed E-state index contributed by atoms with van der Waals surface area (Å²) in [5.41, 5.74) is 0.515. The minimum absolute atomic E-state index is 0.330. The molecular weight excluding hydrogens is 319 g/mol. The Hall–Kier alpha value is -1.79. The molecular formula is C19H27BO5. The van der Waals surface area contributed by atoms with Gasteiger partial charge in [0.15, 0.2) is 0 Å². The molecule has 1 aromatic rings. The minimum Gasteiger partial charge on any atom is -0.494 e. The number of carbonyl (C=O) groups is 1.